The van der Waals surface area contributed by atoms with Gasteiger partial charge in [-0.3, -0.25) is 20.1 Å². The fourth-order valence-corrected chi connectivity index (χ4v) is 4.80. The van der Waals surface area contributed by atoms with Crippen molar-refractivity contribution < 1.29 is 9.66 Å². The van der Waals surface area contributed by atoms with Crippen LogP contribution in [0.15, 0.2) is 76.7 Å². The number of hydrogen-bond acceptors (Lipinski definition) is 5. The van der Waals surface area contributed by atoms with Crippen molar-refractivity contribution in [2.45, 2.75) is 72.6 Å². The molecule has 0 aliphatic carbocycles. The molecule has 6 heteroatoms. The number of methoxy groups -OCH3 is 1. The molecule has 0 aliphatic rings. The topological polar surface area (TPSA) is 77.1 Å². The number of nitrogens with zero attached hydrogens (tertiary/aromatic N) is 3. The van der Waals surface area contributed by atoms with Crippen LogP contribution in [0.3, 0.4) is 0 Å². The minimum absolute atomic E-state index is 0.0323. The highest BCUT2D eigenvalue weighted by molar-refractivity contribution is 6.07. The first-order chi connectivity index (χ1) is 18.2. The SMILES string of the molecule is COc1ccc([N+](=O)[O-])cc1CC(C(C)=Nc1ccccc1C(C)(C)C)C(C)=Nc1ccccc1C(C)(C)C. The van der Waals surface area contributed by atoms with Gasteiger partial charge in [-0.1, -0.05) is 77.9 Å². The molecule has 3 aromatic rings. The van der Waals surface area contributed by atoms with E-state index >= 15 is 0 Å². The normalized spacial score (nSPS) is 13.8. The van der Waals surface area contributed by atoms with Gasteiger partial charge in [-0.15, -0.1) is 0 Å². The molecule has 0 saturated carbocycles. The monoisotopic (exact) mass is 527 g/mol. The molecular formula is C33H41N3O3. The maximum atomic E-state index is 11.6. The maximum absolute atomic E-state index is 11.6. The lowest BCUT2D eigenvalue weighted by molar-refractivity contribution is -0.384. The lowest BCUT2D eigenvalue weighted by atomic mass is 9.85. The van der Waals surface area contributed by atoms with Crippen LogP contribution in [-0.2, 0) is 17.3 Å². The molecular weight excluding hydrogens is 486 g/mol. The first kappa shape index (κ1) is 29.8. The molecule has 0 radical (unpaired) electrons. The minimum Gasteiger partial charge on any atom is -0.496 e. The van der Waals surface area contributed by atoms with Crippen LogP contribution in [0.1, 0.15) is 72.1 Å². The maximum Gasteiger partial charge on any atom is 0.269 e. The number of benzene rings is 3. The summed E-state index contributed by atoms with van der Waals surface area (Å²) in [5, 5.41) is 11.6. The van der Waals surface area contributed by atoms with Gasteiger partial charge in [0.1, 0.15) is 5.75 Å². The fraction of sp³-hybridized carbons (Fsp3) is 0.394. The predicted molar refractivity (Wildman–Crippen MR) is 163 cm³/mol. The molecule has 0 bridgehead atoms. The molecule has 0 amide bonds. The van der Waals surface area contributed by atoms with Crippen molar-refractivity contribution in [3.63, 3.8) is 0 Å². The van der Waals surface area contributed by atoms with E-state index < -0.39 is 0 Å². The molecule has 0 fully saturated rings. The van der Waals surface area contributed by atoms with Crippen molar-refractivity contribution in [1.29, 1.82) is 0 Å². The molecule has 0 unspecified atom stereocenters. The highest BCUT2D eigenvalue weighted by atomic mass is 16.6. The number of rotatable bonds is 8. The van der Waals surface area contributed by atoms with E-state index in [1.165, 1.54) is 6.07 Å². The number of hydrogen-bond donors (Lipinski definition) is 0. The van der Waals surface area contributed by atoms with E-state index in [1.807, 2.05) is 50.2 Å². The zero-order valence-electron chi connectivity index (χ0n) is 24.7. The Morgan fingerprint density at radius 2 is 1.28 bits per heavy atom. The smallest absolute Gasteiger partial charge is 0.269 e. The van der Waals surface area contributed by atoms with Crippen LogP contribution < -0.4 is 4.74 Å². The van der Waals surface area contributed by atoms with Crippen LogP contribution in [0.25, 0.3) is 0 Å². The summed E-state index contributed by atoms with van der Waals surface area (Å²) < 4.78 is 5.60. The molecule has 3 rings (SSSR count). The summed E-state index contributed by atoms with van der Waals surface area (Å²) in [5.74, 6) is 0.401. The van der Waals surface area contributed by atoms with E-state index in [4.69, 9.17) is 14.7 Å². The van der Waals surface area contributed by atoms with Crippen molar-refractivity contribution in [3.8, 4) is 5.75 Å². The predicted octanol–water partition coefficient (Wildman–Crippen LogP) is 8.94. The summed E-state index contributed by atoms with van der Waals surface area (Å²) in [6, 6.07) is 21.1. The zero-order valence-corrected chi connectivity index (χ0v) is 24.7. The second-order valence-electron chi connectivity index (χ2n) is 12.1. The molecule has 0 saturated heterocycles. The molecule has 206 valence electrons. The summed E-state index contributed by atoms with van der Waals surface area (Å²) in [6.07, 6.45) is 0.463. The molecule has 0 aromatic heterocycles. The summed E-state index contributed by atoms with van der Waals surface area (Å²) in [4.78, 5) is 21.5. The molecule has 0 atom stereocenters. The average Bonchev–Trinajstić information content (AvgIpc) is 2.86. The number of ether oxygens (including phenoxy) is 1. The summed E-state index contributed by atoms with van der Waals surface area (Å²) in [5.41, 5.74) is 6.54. The highest BCUT2D eigenvalue weighted by Gasteiger charge is 2.24. The standard InChI is InChI=1S/C33H41N3O3/c1-22(34-29-16-12-10-14-27(29)32(3,4)5)26(21-24-20-25(36(37)38)18-19-31(24)39-9)23(2)35-30-17-13-11-15-28(30)33(6,7)8/h10-20,26H,21H2,1-9H3. The Labute approximate surface area is 233 Å². The Hall–Kier alpha value is -3.80. The third-order valence-electron chi connectivity index (χ3n) is 6.93. The Bertz CT molecular complexity index is 1320. The van der Waals surface area contributed by atoms with E-state index in [2.05, 4.69) is 53.7 Å². The van der Waals surface area contributed by atoms with Crippen molar-refractivity contribution in [3.05, 3.63) is 93.5 Å². The number of aliphatic imine (C=N–C) groups is 2. The highest BCUT2D eigenvalue weighted by Crippen LogP contribution is 2.35. The second kappa shape index (κ2) is 11.9. The summed E-state index contributed by atoms with van der Waals surface area (Å²) >= 11 is 0. The van der Waals surface area contributed by atoms with Gasteiger partial charge in [-0.25, -0.2) is 0 Å². The van der Waals surface area contributed by atoms with Crippen molar-refractivity contribution >= 4 is 28.5 Å². The van der Waals surface area contributed by atoms with Gasteiger partial charge in [-0.2, -0.15) is 0 Å². The van der Waals surface area contributed by atoms with Crippen LogP contribution in [0, 0.1) is 16.0 Å². The van der Waals surface area contributed by atoms with E-state index in [0.29, 0.717) is 12.2 Å². The quantitative estimate of drug-likeness (QED) is 0.167. The number of para-hydroxylation sites is 2. The number of nitro benzene ring substituents is 1. The first-order valence-corrected chi connectivity index (χ1v) is 13.3. The van der Waals surface area contributed by atoms with Gasteiger partial charge in [0.05, 0.1) is 23.4 Å². The second-order valence-corrected chi connectivity index (χ2v) is 12.1. The van der Waals surface area contributed by atoms with Gasteiger partial charge in [0.15, 0.2) is 0 Å². The zero-order chi connectivity index (χ0) is 29.0. The van der Waals surface area contributed by atoms with Crippen molar-refractivity contribution in [2.24, 2.45) is 15.9 Å². The minimum atomic E-state index is -0.376. The van der Waals surface area contributed by atoms with Crippen LogP contribution in [0.4, 0.5) is 17.1 Å². The van der Waals surface area contributed by atoms with Crippen LogP contribution >= 0.6 is 0 Å². The summed E-state index contributed by atoms with van der Waals surface area (Å²) in [7, 11) is 1.58. The van der Waals surface area contributed by atoms with E-state index in [1.54, 1.807) is 19.2 Å². The average molecular weight is 528 g/mol. The first-order valence-electron chi connectivity index (χ1n) is 13.3. The van der Waals surface area contributed by atoms with Crippen LogP contribution in [-0.4, -0.2) is 23.5 Å². The Balaban J connectivity index is 2.19. The Morgan fingerprint density at radius 3 is 1.69 bits per heavy atom. The molecule has 0 aliphatic heterocycles. The Morgan fingerprint density at radius 1 is 0.821 bits per heavy atom. The van der Waals surface area contributed by atoms with Gasteiger partial charge in [0, 0.05) is 35.0 Å². The summed E-state index contributed by atoms with van der Waals surface area (Å²) in [6.45, 7) is 17.1. The van der Waals surface area contributed by atoms with Crippen LogP contribution in [0.5, 0.6) is 5.75 Å². The van der Waals surface area contributed by atoms with Gasteiger partial charge < -0.3 is 4.74 Å². The molecule has 0 N–H and O–H groups in total. The van der Waals surface area contributed by atoms with E-state index in [-0.39, 0.29) is 27.4 Å². The third kappa shape index (κ3) is 7.41. The molecule has 0 heterocycles. The van der Waals surface area contributed by atoms with Crippen LogP contribution in [0.2, 0.25) is 0 Å². The lowest BCUT2D eigenvalue weighted by Crippen LogP contribution is -2.23. The van der Waals surface area contributed by atoms with E-state index in [9.17, 15) is 10.1 Å². The number of non-ortho nitro benzene ring substituents is 1. The van der Waals surface area contributed by atoms with E-state index in [0.717, 1.165) is 39.5 Å². The molecule has 6 nitrogen and oxygen atoms in total. The number of nitro groups is 1. The lowest BCUT2D eigenvalue weighted by Gasteiger charge is -2.24. The van der Waals surface area contributed by atoms with Gasteiger partial charge in [-0.05, 0) is 60.4 Å². The largest absolute Gasteiger partial charge is 0.496 e. The van der Waals surface area contributed by atoms with Crippen molar-refractivity contribution in [2.75, 3.05) is 7.11 Å². The fourth-order valence-electron chi connectivity index (χ4n) is 4.80. The van der Waals surface area contributed by atoms with Crippen molar-refractivity contribution in [1.82, 2.24) is 0 Å². The van der Waals surface area contributed by atoms with Gasteiger partial charge in [0.25, 0.3) is 5.69 Å². The van der Waals surface area contributed by atoms with Gasteiger partial charge >= 0.3 is 0 Å². The third-order valence-corrected chi connectivity index (χ3v) is 6.93. The molecule has 3 aromatic carbocycles. The Kier molecular flexibility index (Phi) is 9.10. The molecule has 39 heavy (non-hydrogen) atoms. The molecule has 0 spiro atoms. The van der Waals surface area contributed by atoms with Gasteiger partial charge in [0.2, 0.25) is 0 Å².